The second kappa shape index (κ2) is 11.8. The minimum atomic E-state index is -1.69. The van der Waals surface area contributed by atoms with Crippen molar-refractivity contribution >= 4 is 23.2 Å². The van der Waals surface area contributed by atoms with Crippen molar-refractivity contribution in [3.8, 4) is 0 Å². The zero-order valence-electron chi connectivity index (χ0n) is 19.3. The predicted molar refractivity (Wildman–Crippen MR) is 142 cm³/mol. The molecule has 0 aliphatic heterocycles. The molecule has 0 fully saturated rings. The van der Waals surface area contributed by atoms with Gasteiger partial charge in [0.15, 0.2) is 0 Å². The Labute approximate surface area is 190 Å². The fourth-order valence-corrected chi connectivity index (χ4v) is 8.62. The molecule has 3 rings (SSSR count). The van der Waals surface area contributed by atoms with Gasteiger partial charge in [0.1, 0.15) is 23.2 Å². The second-order valence-electron chi connectivity index (χ2n) is 8.55. The predicted octanol–water partition coefficient (Wildman–Crippen LogP) is 7.45. The Morgan fingerprint density at radius 3 is 1.48 bits per heavy atom. The maximum Gasteiger partial charge on any atom is 0.112 e. The monoisotopic (exact) mass is 427 g/mol. The van der Waals surface area contributed by atoms with E-state index in [1.807, 2.05) is 0 Å². The zero-order chi connectivity index (χ0) is 21.9. The van der Waals surface area contributed by atoms with Crippen LogP contribution in [0.5, 0.6) is 0 Å². The molecule has 1 heteroatoms. The first kappa shape index (κ1) is 23.2. The van der Waals surface area contributed by atoms with Crippen LogP contribution in [-0.2, 0) is 0 Å². The second-order valence-corrected chi connectivity index (χ2v) is 12.2. The first-order chi connectivity index (χ1) is 15.1. The highest BCUT2D eigenvalue weighted by molar-refractivity contribution is 7.95. The lowest BCUT2D eigenvalue weighted by atomic mass is 10.1. The van der Waals surface area contributed by atoms with E-state index in [1.54, 1.807) is 0 Å². The summed E-state index contributed by atoms with van der Waals surface area (Å²) in [5.74, 6) is 0. The molecule has 3 aromatic carbocycles. The molecular formula is C30H36P+. The van der Waals surface area contributed by atoms with E-state index in [-0.39, 0.29) is 0 Å². The largest absolute Gasteiger partial charge is 0.112 e. The van der Waals surface area contributed by atoms with Gasteiger partial charge < -0.3 is 0 Å². The van der Waals surface area contributed by atoms with E-state index in [4.69, 9.17) is 0 Å². The van der Waals surface area contributed by atoms with E-state index in [0.717, 1.165) is 12.8 Å². The summed E-state index contributed by atoms with van der Waals surface area (Å²) >= 11 is 0. The molecule has 3 aromatic rings. The highest BCUT2D eigenvalue weighted by Crippen LogP contribution is 2.55. The lowest BCUT2D eigenvalue weighted by Gasteiger charge is -2.27. The van der Waals surface area contributed by atoms with E-state index in [1.165, 1.54) is 46.1 Å². The van der Waals surface area contributed by atoms with E-state index in [9.17, 15) is 0 Å². The van der Waals surface area contributed by atoms with Crippen LogP contribution in [0.1, 0.15) is 46.5 Å². The summed E-state index contributed by atoms with van der Waals surface area (Å²) in [6.45, 7) is 6.64. The molecule has 31 heavy (non-hydrogen) atoms. The summed E-state index contributed by atoms with van der Waals surface area (Å²) in [7, 11) is -1.69. The van der Waals surface area contributed by atoms with Gasteiger partial charge in [0.05, 0.1) is 6.16 Å². The van der Waals surface area contributed by atoms with Crippen molar-refractivity contribution in [3.63, 3.8) is 0 Å². The third kappa shape index (κ3) is 6.28. The molecule has 0 saturated heterocycles. The Hall–Kier alpha value is -2.43. The molecule has 0 spiro atoms. The van der Waals surface area contributed by atoms with Gasteiger partial charge in [0, 0.05) is 0 Å². The first-order valence-electron chi connectivity index (χ1n) is 11.5. The quantitative estimate of drug-likeness (QED) is 0.179. The van der Waals surface area contributed by atoms with Crippen molar-refractivity contribution in [1.82, 2.24) is 0 Å². The summed E-state index contributed by atoms with van der Waals surface area (Å²) in [6, 6.07) is 33.6. The molecule has 0 atom stereocenters. The van der Waals surface area contributed by atoms with Crippen LogP contribution in [0.2, 0.25) is 0 Å². The lowest BCUT2D eigenvalue weighted by Crippen LogP contribution is -2.33. The maximum absolute atomic E-state index is 2.47. The van der Waals surface area contributed by atoms with Gasteiger partial charge in [0.25, 0.3) is 0 Å². The Balaban J connectivity index is 1.89. The third-order valence-corrected chi connectivity index (χ3v) is 10.4. The molecule has 0 radical (unpaired) electrons. The van der Waals surface area contributed by atoms with E-state index >= 15 is 0 Å². The Morgan fingerprint density at radius 2 is 1.06 bits per heavy atom. The van der Waals surface area contributed by atoms with Gasteiger partial charge in [-0.05, 0) is 82.9 Å². The zero-order valence-corrected chi connectivity index (χ0v) is 20.2. The maximum atomic E-state index is 2.47. The summed E-state index contributed by atoms with van der Waals surface area (Å²) in [5, 5.41) is 4.45. The lowest BCUT2D eigenvalue weighted by molar-refractivity contribution is 0.911. The normalized spacial score (nSPS) is 11.9. The van der Waals surface area contributed by atoms with Gasteiger partial charge in [-0.2, -0.15) is 0 Å². The first-order valence-corrected chi connectivity index (χ1v) is 13.4. The number of benzene rings is 3. The summed E-state index contributed by atoms with van der Waals surface area (Å²) in [5.41, 5.74) is 2.93. The van der Waals surface area contributed by atoms with E-state index in [2.05, 4.69) is 124 Å². The van der Waals surface area contributed by atoms with Crippen molar-refractivity contribution < 1.29 is 0 Å². The van der Waals surface area contributed by atoms with Crippen LogP contribution in [0, 0.1) is 0 Å². The third-order valence-electron chi connectivity index (χ3n) is 5.87. The smallest absolute Gasteiger partial charge is 0.0856 e. The molecule has 0 heterocycles. The molecule has 0 N–H and O–H groups in total. The van der Waals surface area contributed by atoms with E-state index < -0.39 is 7.26 Å². The summed E-state index contributed by atoms with van der Waals surface area (Å²) < 4.78 is 0. The average molecular weight is 428 g/mol. The molecule has 0 aliphatic carbocycles. The van der Waals surface area contributed by atoms with Gasteiger partial charge >= 0.3 is 0 Å². The minimum Gasteiger partial charge on any atom is -0.0856 e. The number of allylic oxidation sites excluding steroid dienone is 4. The molecule has 0 nitrogen and oxygen atoms in total. The summed E-state index contributed by atoms with van der Waals surface area (Å²) in [6.07, 6.45) is 10.7. The topological polar surface area (TPSA) is 0 Å². The fourth-order valence-electron chi connectivity index (χ4n) is 4.25. The molecule has 0 aliphatic rings. The molecule has 0 amide bonds. The van der Waals surface area contributed by atoms with Gasteiger partial charge in [-0.1, -0.05) is 77.9 Å². The molecule has 0 unspecified atom stereocenters. The van der Waals surface area contributed by atoms with Crippen molar-refractivity contribution in [1.29, 1.82) is 0 Å². The Kier molecular flexibility index (Phi) is 8.86. The SMILES string of the molecule is CC(C)=CCC/C(C)=C/CCC[P+](c1ccccc1)(c1ccccc1)c1ccccc1. The average Bonchev–Trinajstić information content (AvgIpc) is 2.81. The van der Waals surface area contributed by atoms with Crippen LogP contribution in [0.4, 0.5) is 0 Å². The van der Waals surface area contributed by atoms with Gasteiger partial charge in [-0.25, -0.2) is 0 Å². The van der Waals surface area contributed by atoms with Crippen molar-refractivity contribution in [2.75, 3.05) is 6.16 Å². The van der Waals surface area contributed by atoms with Gasteiger partial charge in [0.2, 0.25) is 0 Å². The molecule has 160 valence electrons. The van der Waals surface area contributed by atoms with Crippen molar-refractivity contribution in [2.45, 2.75) is 46.5 Å². The van der Waals surface area contributed by atoms with E-state index in [0.29, 0.717) is 0 Å². The van der Waals surface area contributed by atoms with Crippen LogP contribution in [0.15, 0.2) is 114 Å². The molecular weight excluding hydrogens is 391 g/mol. The van der Waals surface area contributed by atoms with Crippen molar-refractivity contribution in [3.05, 3.63) is 114 Å². The van der Waals surface area contributed by atoms with Crippen LogP contribution in [0.3, 0.4) is 0 Å². The highest BCUT2D eigenvalue weighted by atomic mass is 31.2. The number of hydrogen-bond acceptors (Lipinski definition) is 0. The number of unbranched alkanes of at least 4 members (excludes halogenated alkanes) is 1. The van der Waals surface area contributed by atoms with Crippen LogP contribution >= 0.6 is 7.26 Å². The van der Waals surface area contributed by atoms with Crippen LogP contribution in [0.25, 0.3) is 0 Å². The van der Waals surface area contributed by atoms with Crippen molar-refractivity contribution in [2.24, 2.45) is 0 Å². The van der Waals surface area contributed by atoms with Crippen LogP contribution < -0.4 is 15.9 Å². The highest BCUT2D eigenvalue weighted by Gasteiger charge is 2.44. The molecule has 0 aromatic heterocycles. The Bertz CT molecular complexity index is 868. The van der Waals surface area contributed by atoms with Gasteiger partial charge in [-0.3, -0.25) is 0 Å². The Morgan fingerprint density at radius 1 is 0.613 bits per heavy atom. The minimum absolute atomic E-state index is 1.15. The fraction of sp³-hybridized carbons (Fsp3) is 0.267. The number of hydrogen-bond donors (Lipinski definition) is 0. The molecule has 0 bridgehead atoms. The standard InChI is InChI=1S/C30H36P/c1-26(2)16-15-18-27(3)17-13-14-25-31(28-19-7-4-8-20-28,29-21-9-5-10-22-29)30-23-11-6-12-24-30/h4-12,16-17,19-24H,13-15,18,25H2,1-3H3/q+1/b27-17+. The van der Waals surface area contributed by atoms with Gasteiger partial charge in [-0.15, -0.1) is 0 Å². The number of rotatable bonds is 10. The summed E-state index contributed by atoms with van der Waals surface area (Å²) in [4.78, 5) is 0. The van der Waals surface area contributed by atoms with Crippen LogP contribution in [-0.4, -0.2) is 6.16 Å². The molecule has 0 saturated carbocycles.